The summed E-state index contributed by atoms with van der Waals surface area (Å²) in [6.07, 6.45) is 0. The zero-order chi connectivity index (χ0) is 19.4. The Labute approximate surface area is 163 Å². The van der Waals surface area contributed by atoms with Crippen LogP contribution in [0.2, 0.25) is 5.02 Å². The van der Waals surface area contributed by atoms with Crippen LogP contribution in [-0.2, 0) is 0 Å². The van der Waals surface area contributed by atoms with Crippen molar-refractivity contribution in [3.05, 3.63) is 58.6 Å². The van der Waals surface area contributed by atoms with E-state index in [-0.39, 0.29) is 11.8 Å². The highest BCUT2D eigenvalue weighted by atomic mass is 35.5. The zero-order valence-corrected chi connectivity index (χ0v) is 16.1. The van der Waals surface area contributed by atoms with Crippen molar-refractivity contribution >= 4 is 29.1 Å². The fourth-order valence-electron chi connectivity index (χ4n) is 2.90. The van der Waals surface area contributed by atoms with Crippen molar-refractivity contribution < 1.29 is 14.3 Å². The second-order valence-corrected chi connectivity index (χ2v) is 6.88. The van der Waals surface area contributed by atoms with E-state index in [2.05, 4.69) is 10.2 Å². The number of methoxy groups -OCH3 is 1. The van der Waals surface area contributed by atoms with Crippen molar-refractivity contribution in [1.29, 1.82) is 0 Å². The van der Waals surface area contributed by atoms with Crippen LogP contribution in [0.25, 0.3) is 0 Å². The van der Waals surface area contributed by atoms with Crippen molar-refractivity contribution in [1.82, 2.24) is 9.80 Å². The summed E-state index contributed by atoms with van der Waals surface area (Å²) < 4.78 is 5.10. The molecule has 1 aliphatic rings. The molecule has 2 amide bonds. The minimum atomic E-state index is -0.269. The van der Waals surface area contributed by atoms with Crippen LogP contribution in [0.3, 0.4) is 0 Å². The molecule has 27 heavy (non-hydrogen) atoms. The topological polar surface area (TPSA) is 61.9 Å². The smallest absolute Gasteiger partial charge is 0.255 e. The van der Waals surface area contributed by atoms with Crippen molar-refractivity contribution in [2.45, 2.75) is 0 Å². The van der Waals surface area contributed by atoms with Gasteiger partial charge in [-0.15, -0.1) is 0 Å². The molecule has 7 heteroatoms. The van der Waals surface area contributed by atoms with Crippen LogP contribution in [0.5, 0.6) is 5.75 Å². The van der Waals surface area contributed by atoms with Crippen molar-refractivity contribution in [2.24, 2.45) is 0 Å². The fourth-order valence-corrected chi connectivity index (χ4v) is 3.16. The molecule has 142 valence electrons. The summed E-state index contributed by atoms with van der Waals surface area (Å²) in [5.41, 5.74) is 1.63. The predicted octanol–water partition coefficient (Wildman–Crippen LogP) is 2.99. The number of anilines is 1. The molecule has 0 aliphatic carbocycles. The van der Waals surface area contributed by atoms with Gasteiger partial charge in [-0.25, -0.2) is 0 Å². The minimum Gasteiger partial charge on any atom is -0.495 e. The highest BCUT2D eigenvalue weighted by molar-refractivity contribution is 6.32. The van der Waals surface area contributed by atoms with Gasteiger partial charge in [-0.05, 0) is 49.5 Å². The molecule has 1 fully saturated rings. The van der Waals surface area contributed by atoms with E-state index >= 15 is 0 Å². The monoisotopic (exact) mass is 387 g/mol. The number of nitrogens with zero attached hydrogens (tertiary/aromatic N) is 2. The predicted molar refractivity (Wildman–Crippen MR) is 106 cm³/mol. The molecule has 0 bridgehead atoms. The Morgan fingerprint density at radius 1 is 1.00 bits per heavy atom. The maximum atomic E-state index is 12.6. The second kappa shape index (κ2) is 8.41. The van der Waals surface area contributed by atoms with Crippen LogP contribution in [0, 0.1) is 0 Å². The number of hydrogen-bond acceptors (Lipinski definition) is 4. The lowest BCUT2D eigenvalue weighted by Gasteiger charge is -2.32. The number of amides is 2. The number of likely N-dealkylation sites (N-methyl/N-ethyl adjacent to an activating group) is 1. The van der Waals surface area contributed by atoms with Crippen molar-refractivity contribution in [3.63, 3.8) is 0 Å². The summed E-state index contributed by atoms with van der Waals surface area (Å²) in [6, 6.07) is 11.7. The van der Waals surface area contributed by atoms with Crippen LogP contribution in [-0.4, -0.2) is 62.0 Å². The Kier molecular flexibility index (Phi) is 5.98. The molecule has 1 N–H and O–H groups in total. The number of carbonyl (C=O) groups excluding carboxylic acids is 2. The molecular weight excluding hydrogens is 366 g/mol. The first-order chi connectivity index (χ1) is 13.0. The Hall–Kier alpha value is -2.57. The van der Waals surface area contributed by atoms with Gasteiger partial charge in [-0.3, -0.25) is 9.59 Å². The molecule has 1 aliphatic heterocycles. The lowest BCUT2D eigenvalue weighted by Crippen LogP contribution is -2.47. The van der Waals surface area contributed by atoms with Crippen LogP contribution < -0.4 is 10.1 Å². The summed E-state index contributed by atoms with van der Waals surface area (Å²) in [5.74, 6) is 0.272. The van der Waals surface area contributed by atoms with E-state index in [1.165, 1.54) is 7.11 Å². The van der Waals surface area contributed by atoms with E-state index in [0.717, 1.165) is 26.2 Å². The summed E-state index contributed by atoms with van der Waals surface area (Å²) in [7, 11) is 3.58. The van der Waals surface area contributed by atoms with E-state index in [0.29, 0.717) is 27.6 Å². The first-order valence-corrected chi connectivity index (χ1v) is 9.08. The van der Waals surface area contributed by atoms with Crippen LogP contribution in [0.1, 0.15) is 20.7 Å². The van der Waals surface area contributed by atoms with Crippen molar-refractivity contribution in [2.75, 3.05) is 45.7 Å². The van der Waals surface area contributed by atoms with Gasteiger partial charge in [0.25, 0.3) is 11.8 Å². The van der Waals surface area contributed by atoms with E-state index < -0.39 is 0 Å². The Morgan fingerprint density at radius 3 is 2.22 bits per heavy atom. The van der Waals surface area contributed by atoms with Gasteiger partial charge in [0.1, 0.15) is 5.75 Å². The first kappa shape index (κ1) is 19.2. The van der Waals surface area contributed by atoms with Gasteiger partial charge in [0.15, 0.2) is 0 Å². The molecule has 2 aromatic carbocycles. The molecule has 0 saturated carbocycles. The largest absolute Gasteiger partial charge is 0.495 e. The summed E-state index contributed by atoms with van der Waals surface area (Å²) >= 11 is 6.08. The van der Waals surface area contributed by atoms with Crippen LogP contribution in [0.4, 0.5) is 5.69 Å². The third-order valence-corrected chi connectivity index (χ3v) is 4.89. The standard InChI is InChI=1S/C20H22ClN3O3/c1-23-9-11-24(12-10-23)20(26)15-5-3-14(4-6-15)19(25)22-16-7-8-18(27-2)17(21)13-16/h3-8,13H,9-12H2,1-2H3,(H,22,25). The van der Waals surface area contributed by atoms with Crippen LogP contribution >= 0.6 is 11.6 Å². The first-order valence-electron chi connectivity index (χ1n) is 8.70. The number of benzene rings is 2. The molecule has 0 spiro atoms. The average Bonchev–Trinajstić information content (AvgIpc) is 2.68. The molecule has 0 unspecified atom stereocenters. The number of hydrogen-bond donors (Lipinski definition) is 1. The molecular formula is C20H22ClN3O3. The van der Waals surface area contributed by atoms with Gasteiger partial charge in [0.2, 0.25) is 0 Å². The number of ether oxygens (including phenoxy) is 1. The molecule has 6 nitrogen and oxygen atoms in total. The number of piperazine rings is 1. The summed E-state index contributed by atoms with van der Waals surface area (Å²) in [6.45, 7) is 3.18. The normalized spacial score (nSPS) is 14.7. The molecule has 2 aromatic rings. The Morgan fingerprint density at radius 2 is 1.63 bits per heavy atom. The molecule has 3 rings (SSSR count). The Bertz CT molecular complexity index is 831. The van der Waals surface area contributed by atoms with Gasteiger partial charge < -0.3 is 19.9 Å². The lowest BCUT2D eigenvalue weighted by atomic mass is 10.1. The quantitative estimate of drug-likeness (QED) is 0.876. The molecule has 1 heterocycles. The molecule has 0 aromatic heterocycles. The highest BCUT2D eigenvalue weighted by Crippen LogP contribution is 2.27. The summed E-state index contributed by atoms with van der Waals surface area (Å²) in [4.78, 5) is 29.0. The van der Waals surface area contributed by atoms with E-state index in [1.807, 2.05) is 11.9 Å². The van der Waals surface area contributed by atoms with Crippen LogP contribution in [0.15, 0.2) is 42.5 Å². The van der Waals surface area contributed by atoms with E-state index in [9.17, 15) is 9.59 Å². The maximum absolute atomic E-state index is 12.6. The SMILES string of the molecule is COc1ccc(NC(=O)c2ccc(C(=O)N3CCN(C)CC3)cc2)cc1Cl. The number of carbonyl (C=O) groups is 2. The van der Waals surface area contributed by atoms with Gasteiger partial charge in [-0.1, -0.05) is 11.6 Å². The number of rotatable bonds is 4. The zero-order valence-electron chi connectivity index (χ0n) is 15.4. The lowest BCUT2D eigenvalue weighted by molar-refractivity contribution is 0.0664. The van der Waals surface area contributed by atoms with Gasteiger partial charge in [0, 0.05) is 43.0 Å². The number of halogens is 1. The maximum Gasteiger partial charge on any atom is 0.255 e. The number of nitrogens with one attached hydrogen (secondary N) is 1. The molecule has 1 saturated heterocycles. The third kappa shape index (κ3) is 4.59. The minimum absolute atomic E-state index is 0.00278. The van der Waals surface area contributed by atoms with Crippen molar-refractivity contribution in [3.8, 4) is 5.75 Å². The van der Waals surface area contributed by atoms with Gasteiger partial charge >= 0.3 is 0 Å². The average molecular weight is 388 g/mol. The van der Waals surface area contributed by atoms with E-state index in [4.69, 9.17) is 16.3 Å². The highest BCUT2D eigenvalue weighted by Gasteiger charge is 2.20. The Balaban J connectivity index is 1.65. The van der Waals surface area contributed by atoms with Gasteiger partial charge in [-0.2, -0.15) is 0 Å². The van der Waals surface area contributed by atoms with Gasteiger partial charge in [0.05, 0.1) is 12.1 Å². The third-order valence-electron chi connectivity index (χ3n) is 4.59. The molecule has 0 atom stereocenters. The summed E-state index contributed by atoms with van der Waals surface area (Å²) in [5, 5.41) is 3.21. The fraction of sp³-hybridized carbons (Fsp3) is 0.300. The molecule has 0 radical (unpaired) electrons. The van der Waals surface area contributed by atoms with E-state index in [1.54, 1.807) is 42.5 Å². The second-order valence-electron chi connectivity index (χ2n) is 6.48.